The Kier molecular flexibility index (Phi) is 5.37. The lowest BCUT2D eigenvalue weighted by Crippen LogP contribution is -2.03. The van der Waals surface area contributed by atoms with Crippen LogP contribution in [0.1, 0.15) is 35.4 Å². The van der Waals surface area contributed by atoms with Crippen molar-refractivity contribution in [2.45, 2.75) is 25.7 Å². The number of oxazole rings is 1. The maximum Gasteiger partial charge on any atom is 0.226 e. The van der Waals surface area contributed by atoms with Crippen LogP contribution in [-0.4, -0.2) is 29.5 Å². The summed E-state index contributed by atoms with van der Waals surface area (Å²) in [6.45, 7) is 0.701. The SMILES string of the molecule is COc1ccc(-c2nc(CCC(=O)c3ccccn3)co2)cc1OCC1CC1. The number of aromatic nitrogens is 2. The van der Waals surface area contributed by atoms with Gasteiger partial charge in [0.2, 0.25) is 5.89 Å². The second-order valence-corrected chi connectivity index (χ2v) is 6.90. The fourth-order valence-electron chi connectivity index (χ4n) is 2.87. The van der Waals surface area contributed by atoms with Crippen LogP contribution in [0, 0.1) is 5.92 Å². The number of nitrogens with zero attached hydrogens (tertiary/aromatic N) is 2. The monoisotopic (exact) mass is 378 g/mol. The van der Waals surface area contributed by atoms with Crippen molar-refractivity contribution in [3.63, 3.8) is 0 Å². The van der Waals surface area contributed by atoms with Gasteiger partial charge in [0.1, 0.15) is 12.0 Å². The van der Waals surface area contributed by atoms with Gasteiger partial charge >= 0.3 is 0 Å². The van der Waals surface area contributed by atoms with Crippen LogP contribution in [0.15, 0.2) is 53.3 Å². The van der Waals surface area contributed by atoms with E-state index in [9.17, 15) is 4.79 Å². The molecule has 0 N–H and O–H groups in total. The smallest absolute Gasteiger partial charge is 0.226 e. The van der Waals surface area contributed by atoms with E-state index < -0.39 is 0 Å². The standard InChI is InChI=1S/C22H22N2O4/c1-26-20-10-7-16(12-21(20)27-13-15-5-6-15)22-24-17(14-28-22)8-9-19(25)18-4-2-3-11-23-18/h2-4,7,10-12,14-15H,5-6,8-9,13H2,1H3. The van der Waals surface area contributed by atoms with Crippen molar-refractivity contribution in [3.05, 3.63) is 60.2 Å². The van der Waals surface area contributed by atoms with E-state index >= 15 is 0 Å². The molecule has 1 aliphatic rings. The molecule has 0 amide bonds. The maximum absolute atomic E-state index is 12.2. The molecule has 0 radical (unpaired) electrons. The quantitative estimate of drug-likeness (QED) is 0.515. The molecule has 0 bridgehead atoms. The highest BCUT2D eigenvalue weighted by Crippen LogP contribution is 2.35. The van der Waals surface area contributed by atoms with Crippen LogP contribution >= 0.6 is 0 Å². The van der Waals surface area contributed by atoms with Gasteiger partial charge in [-0.25, -0.2) is 4.98 Å². The van der Waals surface area contributed by atoms with Gasteiger partial charge in [-0.2, -0.15) is 0 Å². The average molecular weight is 378 g/mol. The first-order chi connectivity index (χ1) is 13.7. The second kappa shape index (κ2) is 8.25. The highest BCUT2D eigenvalue weighted by Gasteiger charge is 2.23. The van der Waals surface area contributed by atoms with E-state index in [1.807, 2.05) is 18.2 Å². The minimum Gasteiger partial charge on any atom is -0.493 e. The Morgan fingerprint density at radius 1 is 1.21 bits per heavy atom. The lowest BCUT2D eigenvalue weighted by Gasteiger charge is -2.11. The third kappa shape index (κ3) is 4.39. The molecule has 0 spiro atoms. The largest absolute Gasteiger partial charge is 0.493 e. The molecule has 3 aromatic rings. The van der Waals surface area contributed by atoms with E-state index in [0.29, 0.717) is 48.5 Å². The first-order valence-electron chi connectivity index (χ1n) is 9.43. The molecule has 1 aliphatic carbocycles. The number of pyridine rings is 1. The predicted octanol–water partition coefficient (Wildman–Crippen LogP) is 4.35. The summed E-state index contributed by atoms with van der Waals surface area (Å²) in [5.74, 6) is 2.53. The van der Waals surface area contributed by atoms with Gasteiger partial charge in [-0.3, -0.25) is 9.78 Å². The highest BCUT2D eigenvalue weighted by atomic mass is 16.5. The molecule has 6 heteroatoms. The number of rotatable bonds is 9. The lowest BCUT2D eigenvalue weighted by atomic mass is 10.1. The fraction of sp³-hybridized carbons (Fsp3) is 0.318. The zero-order valence-corrected chi connectivity index (χ0v) is 15.8. The van der Waals surface area contributed by atoms with Crippen molar-refractivity contribution >= 4 is 5.78 Å². The molecule has 0 saturated heterocycles. The third-order valence-corrected chi connectivity index (χ3v) is 4.69. The van der Waals surface area contributed by atoms with Gasteiger partial charge in [-0.15, -0.1) is 0 Å². The normalized spacial score (nSPS) is 13.3. The van der Waals surface area contributed by atoms with Gasteiger partial charge in [0.05, 0.1) is 19.4 Å². The van der Waals surface area contributed by atoms with Crippen LogP contribution in [-0.2, 0) is 6.42 Å². The van der Waals surface area contributed by atoms with Crippen molar-refractivity contribution < 1.29 is 18.7 Å². The predicted molar refractivity (Wildman–Crippen MR) is 104 cm³/mol. The van der Waals surface area contributed by atoms with Crippen LogP contribution in [0.4, 0.5) is 0 Å². The first-order valence-corrected chi connectivity index (χ1v) is 9.43. The van der Waals surface area contributed by atoms with E-state index in [4.69, 9.17) is 13.9 Å². The number of carbonyl (C=O) groups is 1. The Morgan fingerprint density at radius 2 is 2.11 bits per heavy atom. The number of aryl methyl sites for hydroxylation is 1. The Hall–Kier alpha value is -3.15. The van der Waals surface area contributed by atoms with Gasteiger partial charge in [-0.05, 0) is 49.1 Å². The number of hydrogen-bond acceptors (Lipinski definition) is 6. The van der Waals surface area contributed by atoms with E-state index in [1.165, 1.54) is 12.8 Å². The van der Waals surface area contributed by atoms with E-state index in [-0.39, 0.29) is 5.78 Å². The molecule has 28 heavy (non-hydrogen) atoms. The summed E-state index contributed by atoms with van der Waals surface area (Å²) in [6, 6.07) is 10.9. The highest BCUT2D eigenvalue weighted by molar-refractivity contribution is 5.94. The van der Waals surface area contributed by atoms with Crippen molar-refractivity contribution in [3.8, 4) is 23.0 Å². The molecule has 144 valence electrons. The number of ketones is 1. The van der Waals surface area contributed by atoms with Gasteiger partial charge < -0.3 is 13.9 Å². The molecule has 0 aliphatic heterocycles. The zero-order chi connectivity index (χ0) is 19.3. The van der Waals surface area contributed by atoms with Gasteiger partial charge in [-0.1, -0.05) is 6.07 Å². The maximum atomic E-state index is 12.2. The number of Topliss-reactive ketones (excluding diaryl/α,β-unsaturated/α-hetero) is 1. The molecule has 0 atom stereocenters. The van der Waals surface area contributed by atoms with Gasteiger partial charge in [0, 0.05) is 24.6 Å². The molecule has 1 aromatic carbocycles. The topological polar surface area (TPSA) is 74.5 Å². The minimum absolute atomic E-state index is 0.00893. The minimum atomic E-state index is -0.00893. The zero-order valence-electron chi connectivity index (χ0n) is 15.8. The number of benzene rings is 1. The molecule has 1 fully saturated rings. The molecule has 2 heterocycles. The van der Waals surface area contributed by atoms with Crippen molar-refractivity contribution in [2.75, 3.05) is 13.7 Å². The summed E-state index contributed by atoms with van der Waals surface area (Å²) in [5.41, 5.74) is 2.02. The van der Waals surface area contributed by atoms with Crippen molar-refractivity contribution in [1.82, 2.24) is 9.97 Å². The van der Waals surface area contributed by atoms with Gasteiger partial charge in [0.25, 0.3) is 0 Å². The molecule has 4 rings (SSSR count). The Labute approximate surface area is 163 Å². The number of ether oxygens (including phenoxy) is 2. The third-order valence-electron chi connectivity index (χ3n) is 4.69. The summed E-state index contributed by atoms with van der Waals surface area (Å²) < 4.78 is 16.9. The first kappa shape index (κ1) is 18.2. The van der Waals surface area contributed by atoms with Crippen LogP contribution in [0.3, 0.4) is 0 Å². The summed E-state index contributed by atoms with van der Waals surface area (Å²) in [4.78, 5) is 20.8. The number of hydrogen-bond donors (Lipinski definition) is 0. The number of methoxy groups -OCH3 is 1. The lowest BCUT2D eigenvalue weighted by molar-refractivity contribution is 0.0977. The molecule has 6 nitrogen and oxygen atoms in total. The summed E-state index contributed by atoms with van der Waals surface area (Å²) >= 11 is 0. The summed E-state index contributed by atoms with van der Waals surface area (Å²) in [6.07, 6.45) is 6.50. The van der Waals surface area contributed by atoms with Crippen LogP contribution in [0.25, 0.3) is 11.5 Å². The van der Waals surface area contributed by atoms with E-state index in [0.717, 1.165) is 11.3 Å². The van der Waals surface area contributed by atoms with E-state index in [2.05, 4.69) is 9.97 Å². The van der Waals surface area contributed by atoms with Crippen LogP contribution < -0.4 is 9.47 Å². The average Bonchev–Trinajstić information content (AvgIpc) is 3.46. The molecule has 2 aromatic heterocycles. The Morgan fingerprint density at radius 3 is 2.86 bits per heavy atom. The summed E-state index contributed by atoms with van der Waals surface area (Å²) in [7, 11) is 1.63. The van der Waals surface area contributed by atoms with Crippen LogP contribution in [0.2, 0.25) is 0 Å². The number of carbonyl (C=O) groups excluding carboxylic acids is 1. The Balaban J connectivity index is 1.43. The van der Waals surface area contributed by atoms with Gasteiger partial charge in [0.15, 0.2) is 17.3 Å². The molecular formula is C22H22N2O4. The van der Waals surface area contributed by atoms with Crippen molar-refractivity contribution in [2.24, 2.45) is 5.92 Å². The fourth-order valence-corrected chi connectivity index (χ4v) is 2.87. The molecule has 1 saturated carbocycles. The van der Waals surface area contributed by atoms with E-state index in [1.54, 1.807) is 37.8 Å². The molecule has 0 unspecified atom stereocenters. The van der Waals surface area contributed by atoms with Crippen molar-refractivity contribution in [1.29, 1.82) is 0 Å². The molecular weight excluding hydrogens is 356 g/mol. The second-order valence-electron chi connectivity index (χ2n) is 6.90. The van der Waals surface area contributed by atoms with Crippen LogP contribution in [0.5, 0.6) is 11.5 Å². The Bertz CT molecular complexity index is 948. The summed E-state index contributed by atoms with van der Waals surface area (Å²) in [5, 5.41) is 0.